The van der Waals surface area contributed by atoms with Crippen LogP contribution >= 0.6 is 0 Å². The van der Waals surface area contributed by atoms with Crippen LogP contribution in [0.15, 0.2) is 84.9 Å². The second-order valence-corrected chi connectivity index (χ2v) is 12.8. The zero-order chi connectivity index (χ0) is 40.3. The number of carbonyl (C=O) groups is 4. The van der Waals surface area contributed by atoms with Crippen LogP contribution in [0.2, 0.25) is 0 Å². The maximum Gasteiger partial charge on any atom is 0.416 e. The molecule has 2 heterocycles. The number of hydrogen-bond donors (Lipinski definition) is 0. The van der Waals surface area contributed by atoms with Gasteiger partial charge < -0.3 is 28.4 Å². The molecule has 1 saturated heterocycles. The van der Waals surface area contributed by atoms with Crippen molar-refractivity contribution in [3.05, 3.63) is 96.1 Å². The summed E-state index contributed by atoms with van der Waals surface area (Å²) in [5, 5.41) is 14.3. The first-order chi connectivity index (χ1) is 26.6. The number of carbonyl (C=O) groups excluding carboxylic acids is 4. The quantitative estimate of drug-likeness (QED) is 0.0853. The Morgan fingerprint density at radius 3 is 1.98 bits per heavy atom. The maximum atomic E-state index is 13.6. The lowest BCUT2D eigenvalue weighted by atomic mass is 9.95. The fourth-order valence-corrected chi connectivity index (χ4v) is 6.50. The number of rotatable bonds is 9. The lowest BCUT2D eigenvalue weighted by Gasteiger charge is -2.43. The third-order valence-electron chi connectivity index (χ3n) is 8.84. The van der Waals surface area contributed by atoms with Gasteiger partial charge in [-0.2, -0.15) is 18.4 Å². The Labute approximate surface area is 317 Å². The normalized spacial score (nSPS) is 19.4. The van der Waals surface area contributed by atoms with Crippen LogP contribution in [0.5, 0.6) is 5.88 Å². The van der Waals surface area contributed by atoms with Gasteiger partial charge in [0.25, 0.3) is 0 Å². The van der Waals surface area contributed by atoms with Crippen LogP contribution in [0, 0.1) is 11.3 Å². The highest BCUT2D eigenvalue weighted by Gasteiger charge is 2.53. The Hall–Kier alpha value is -6.53. The fourth-order valence-electron chi connectivity index (χ4n) is 6.50. The van der Waals surface area contributed by atoms with Gasteiger partial charge in [-0.25, -0.2) is 4.98 Å². The number of halogens is 3. The Morgan fingerprint density at radius 2 is 1.34 bits per heavy atom. The molecule has 4 aromatic carbocycles. The predicted octanol–water partition coefficient (Wildman–Crippen LogP) is 7.07. The van der Waals surface area contributed by atoms with Crippen molar-refractivity contribution in [1.29, 1.82) is 5.26 Å². The van der Waals surface area contributed by atoms with Crippen LogP contribution in [-0.4, -0.2) is 66.2 Å². The molecule has 5 aromatic rings. The number of alkyl halides is 3. The molecule has 0 N–H and O–H groups in total. The second kappa shape index (κ2) is 16.1. The third kappa shape index (κ3) is 8.55. The molecular weight excluding hydrogens is 737 g/mol. The monoisotopic (exact) mass is 770 g/mol. The number of hydrogen-bond acceptors (Lipinski definition) is 12. The van der Waals surface area contributed by atoms with Gasteiger partial charge in [0.05, 0.1) is 11.3 Å². The SMILES string of the molecule is CC(=O)OC[C@H]1O[C@@H](Oc2nc(-c3ccc4c(ccc5ccccc54)c3)cc(-c3ccc(C(F)(F)F)cc3)c2C#N)[C@H](OC(C)=O)[C@@H](OC(C)=O)[C@H]1OC(C)=O. The van der Waals surface area contributed by atoms with Crippen molar-refractivity contribution >= 4 is 45.4 Å². The number of nitrogens with zero attached hydrogens (tertiary/aromatic N) is 2. The van der Waals surface area contributed by atoms with E-state index < -0.39 is 78.8 Å². The summed E-state index contributed by atoms with van der Waals surface area (Å²) in [4.78, 5) is 53.5. The van der Waals surface area contributed by atoms with Gasteiger partial charge in [0.15, 0.2) is 12.2 Å². The van der Waals surface area contributed by atoms with Gasteiger partial charge >= 0.3 is 30.1 Å². The van der Waals surface area contributed by atoms with E-state index in [-0.39, 0.29) is 22.4 Å². The van der Waals surface area contributed by atoms with E-state index in [0.717, 1.165) is 61.4 Å². The van der Waals surface area contributed by atoms with Gasteiger partial charge in [0, 0.05) is 38.8 Å². The van der Waals surface area contributed by atoms with E-state index in [1.54, 1.807) is 6.07 Å². The molecule has 5 atom stereocenters. The van der Waals surface area contributed by atoms with E-state index in [4.69, 9.17) is 28.4 Å². The number of aromatic nitrogens is 1. The molecule has 288 valence electrons. The first kappa shape index (κ1) is 39.2. The highest BCUT2D eigenvalue weighted by atomic mass is 19.4. The van der Waals surface area contributed by atoms with Crippen LogP contribution < -0.4 is 4.74 Å². The number of fused-ring (bicyclic) bond motifs is 3. The summed E-state index contributed by atoms with van der Waals surface area (Å²) in [6.07, 6.45) is -12.5. The highest BCUT2D eigenvalue weighted by molar-refractivity contribution is 6.08. The minimum absolute atomic E-state index is 0.130. The number of benzene rings is 4. The lowest BCUT2D eigenvalue weighted by Crippen LogP contribution is -2.63. The zero-order valence-electron chi connectivity index (χ0n) is 30.3. The van der Waals surface area contributed by atoms with Crippen molar-refractivity contribution in [2.24, 2.45) is 0 Å². The fraction of sp³-hybridized carbons (Fsp3) is 0.268. The van der Waals surface area contributed by atoms with Gasteiger partial charge in [-0.15, -0.1) is 0 Å². The Kier molecular flexibility index (Phi) is 11.2. The zero-order valence-corrected chi connectivity index (χ0v) is 30.3. The van der Waals surface area contributed by atoms with Crippen LogP contribution in [0.4, 0.5) is 13.2 Å². The molecule has 15 heteroatoms. The molecule has 1 aliphatic heterocycles. The first-order valence-electron chi connectivity index (χ1n) is 17.1. The Morgan fingerprint density at radius 1 is 0.732 bits per heavy atom. The second-order valence-electron chi connectivity index (χ2n) is 12.8. The van der Waals surface area contributed by atoms with E-state index in [9.17, 15) is 37.6 Å². The molecule has 1 fully saturated rings. The van der Waals surface area contributed by atoms with E-state index >= 15 is 0 Å². The van der Waals surface area contributed by atoms with Crippen LogP contribution in [0.1, 0.15) is 38.8 Å². The van der Waals surface area contributed by atoms with E-state index in [2.05, 4.69) is 4.98 Å². The summed E-state index contributed by atoms with van der Waals surface area (Å²) in [5.74, 6) is -3.73. The molecule has 0 spiro atoms. The van der Waals surface area contributed by atoms with E-state index in [1.165, 1.54) is 18.2 Å². The van der Waals surface area contributed by atoms with Crippen molar-refractivity contribution in [3.8, 4) is 34.3 Å². The number of nitriles is 1. The molecule has 0 saturated carbocycles. The topological polar surface area (TPSA) is 160 Å². The van der Waals surface area contributed by atoms with Crippen molar-refractivity contribution in [3.63, 3.8) is 0 Å². The molecule has 6 rings (SSSR count). The van der Waals surface area contributed by atoms with Gasteiger partial charge in [0.2, 0.25) is 18.3 Å². The van der Waals surface area contributed by atoms with Crippen molar-refractivity contribution in [2.75, 3.05) is 6.61 Å². The van der Waals surface area contributed by atoms with Gasteiger partial charge in [0.1, 0.15) is 24.3 Å². The minimum atomic E-state index is -4.63. The maximum absolute atomic E-state index is 13.6. The molecule has 1 aliphatic rings. The summed E-state index contributed by atoms with van der Waals surface area (Å²) >= 11 is 0. The van der Waals surface area contributed by atoms with E-state index in [1.807, 2.05) is 54.6 Å². The average Bonchev–Trinajstić information content (AvgIpc) is 3.15. The number of pyridine rings is 1. The summed E-state index contributed by atoms with van der Waals surface area (Å²) in [5.41, 5.74) is -0.0498. The van der Waals surface area contributed by atoms with Crippen LogP contribution in [-0.2, 0) is 49.0 Å². The Bertz CT molecular complexity index is 2370. The van der Waals surface area contributed by atoms with Crippen molar-refractivity contribution in [2.45, 2.75) is 64.6 Å². The standard InChI is InChI=1S/C41H33F3N2O10/c1-21(47)51-20-35-36(52-22(2)48)37(53-23(3)49)38(54-24(4)50)40(55-35)56-39-33(19-45)32(26-11-14-29(15-12-26)41(42,43)44)18-34(46-39)28-13-16-31-27(17-28)10-9-25-7-5-6-8-30(25)31/h5-18,35-38,40H,20H2,1-4H3/t35-,36+,37+,38-,40+/m1/s1. The van der Waals surface area contributed by atoms with Crippen molar-refractivity contribution < 1.29 is 60.8 Å². The molecular formula is C41H33F3N2O10. The molecule has 56 heavy (non-hydrogen) atoms. The molecule has 0 amide bonds. The van der Waals surface area contributed by atoms with Crippen LogP contribution in [0.25, 0.3) is 43.9 Å². The lowest BCUT2D eigenvalue weighted by molar-refractivity contribution is -0.289. The highest BCUT2D eigenvalue weighted by Crippen LogP contribution is 2.39. The summed E-state index contributed by atoms with van der Waals surface area (Å²) < 4.78 is 74.6. The van der Waals surface area contributed by atoms with Crippen molar-refractivity contribution in [1.82, 2.24) is 4.98 Å². The Balaban J connectivity index is 1.52. The van der Waals surface area contributed by atoms with Gasteiger partial charge in [-0.1, -0.05) is 60.7 Å². The smallest absolute Gasteiger partial charge is 0.416 e. The molecule has 12 nitrogen and oxygen atoms in total. The van der Waals surface area contributed by atoms with Gasteiger partial charge in [-0.05, 0) is 51.4 Å². The molecule has 0 radical (unpaired) electrons. The van der Waals surface area contributed by atoms with Gasteiger partial charge in [-0.3, -0.25) is 19.2 Å². The third-order valence-corrected chi connectivity index (χ3v) is 8.84. The summed E-state index contributed by atoms with van der Waals surface area (Å²) in [7, 11) is 0. The number of esters is 4. The molecule has 0 aliphatic carbocycles. The minimum Gasteiger partial charge on any atom is -0.463 e. The summed E-state index contributed by atoms with van der Waals surface area (Å²) in [6, 6.07) is 24.9. The number of ether oxygens (including phenoxy) is 6. The summed E-state index contributed by atoms with van der Waals surface area (Å²) in [6.45, 7) is 3.76. The molecule has 0 unspecified atom stereocenters. The first-order valence-corrected chi connectivity index (χ1v) is 17.1. The average molecular weight is 771 g/mol. The van der Waals surface area contributed by atoms with E-state index in [0.29, 0.717) is 5.56 Å². The molecule has 0 bridgehead atoms. The largest absolute Gasteiger partial charge is 0.463 e. The predicted molar refractivity (Wildman–Crippen MR) is 192 cm³/mol. The molecule has 1 aromatic heterocycles. The van der Waals surface area contributed by atoms with Crippen LogP contribution in [0.3, 0.4) is 0 Å².